The molecule has 0 saturated heterocycles. The maximum atomic E-state index is 13.4. The molecule has 2 aromatic rings. The SMILES string of the molecule is Nc1c(C(=O)Nc2ccc(Br)c(F)c2)cccc1[N+](=O)[O-]. The van der Waals surface area contributed by atoms with Gasteiger partial charge >= 0.3 is 0 Å². The molecule has 0 aliphatic carbocycles. The molecule has 8 heteroatoms. The van der Waals surface area contributed by atoms with Crippen LogP contribution in [0.4, 0.5) is 21.5 Å². The fourth-order valence-corrected chi connectivity index (χ4v) is 1.93. The molecule has 0 radical (unpaired) electrons. The minimum Gasteiger partial charge on any atom is -0.393 e. The van der Waals surface area contributed by atoms with Crippen LogP contribution < -0.4 is 11.1 Å². The Morgan fingerprint density at radius 1 is 1.33 bits per heavy atom. The Hall–Kier alpha value is -2.48. The van der Waals surface area contributed by atoms with Gasteiger partial charge in [0.25, 0.3) is 11.6 Å². The minimum absolute atomic E-state index is 0.0486. The van der Waals surface area contributed by atoms with Crippen molar-refractivity contribution in [1.82, 2.24) is 0 Å². The van der Waals surface area contributed by atoms with Gasteiger partial charge < -0.3 is 11.1 Å². The van der Waals surface area contributed by atoms with E-state index in [1.54, 1.807) is 0 Å². The minimum atomic E-state index is -0.675. The molecule has 0 saturated carbocycles. The summed E-state index contributed by atoms with van der Waals surface area (Å²) in [4.78, 5) is 22.2. The summed E-state index contributed by atoms with van der Waals surface area (Å²) in [6, 6.07) is 7.94. The van der Waals surface area contributed by atoms with E-state index in [-0.39, 0.29) is 27.1 Å². The van der Waals surface area contributed by atoms with Crippen LogP contribution in [-0.4, -0.2) is 10.8 Å². The molecule has 0 atom stereocenters. The first kappa shape index (κ1) is 14.9. The van der Waals surface area contributed by atoms with Crippen LogP contribution in [0.3, 0.4) is 0 Å². The van der Waals surface area contributed by atoms with E-state index in [9.17, 15) is 19.3 Å². The molecule has 6 nitrogen and oxygen atoms in total. The fraction of sp³-hybridized carbons (Fsp3) is 0. The van der Waals surface area contributed by atoms with Crippen LogP contribution in [0.15, 0.2) is 40.9 Å². The normalized spacial score (nSPS) is 10.2. The molecule has 0 aliphatic heterocycles. The van der Waals surface area contributed by atoms with Crippen LogP contribution in [0.2, 0.25) is 0 Å². The van der Waals surface area contributed by atoms with Gasteiger partial charge in [-0.1, -0.05) is 6.07 Å². The lowest BCUT2D eigenvalue weighted by Gasteiger charge is -2.08. The van der Waals surface area contributed by atoms with Crippen molar-refractivity contribution in [3.8, 4) is 0 Å². The monoisotopic (exact) mass is 353 g/mol. The fourth-order valence-electron chi connectivity index (χ4n) is 1.68. The van der Waals surface area contributed by atoms with Crippen molar-refractivity contribution >= 4 is 38.9 Å². The lowest BCUT2D eigenvalue weighted by Crippen LogP contribution is -2.15. The number of nitrogens with two attached hydrogens (primary N) is 1. The Labute approximate surface area is 127 Å². The van der Waals surface area contributed by atoms with Gasteiger partial charge in [-0.3, -0.25) is 14.9 Å². The summed E-state index contributed by atoms with van der Waals surface area (Å²) in [7, 11) is 0. The summed E-state index contributed by atoms with van der Waals surface area (Å²) < 4.78 is 13.6. The Bertz CT molecular complexity index is 737. The van der Waals surface area contributed by atoms with Gasteiger partial charge in [-0.05, 0) is 40.2 Å². The van der Waals surface area contributed by atoms with Crippen LogP contribution in [-0.2, 0) is 0 Å². The first-order valence-corrected chi connectivity index (χ1v) is 6.48. The van der Waals surface area contributed by atoms with E-state index in [2.05, 4.69) is 21.2 Å². The van der Waals surface area contributed by atoms with Crippen LogP contribution in [0.25, 0.3) is 0 Å². The maximum Gasteiger partial charge on any atom is 0.292 e. The highest BCUT2D eigenvalue weighted by atomic mass is 79.9. The number of nitrogen functional groups attached to an aromatic ring is 1. The average molecular weight is 354 g/mol. The number of nitrogens with one attached hydrogen (secondary N) is 1. The number of nitrogens with zero attached hydrogens (tertiary/aromatic N) is 1. The number of hydrogen-bond donors (Lipinski definition) is 2. The molecular formula is C13H9BrFN3O3. The number of rotatable bonds is 3. The Balaban J connectivity index is 2.30. The van der Waals surface area contributed by atoms with Crippen LogP contribution >= 0.6 is 15.9 Å². The van der Waals surface area contributed by atoms with Gasteiger partial charge in [0.1, 0.15) is 11.5 Å². The molecule has 21 heavy (non-hydrogen) atoms. The Morgan fingerprint density at radius 2 is 2.05 bits per heavy atom. The van der Waals surface area contributed by atoms with Gasteiger partial charge in [0, 0.05) is 11.8 Å². The van der Waals surface area contributed by atoms with Gasteiger partial charge in [0.05, 0.1) is 15.0 Å². The number of anilines is 2. The van der Waals surface area contributed by atoms with Crippen LogP contribution in [0.5, 0.6) is 0 Å². The van der Waals surface area contributed by atoms with Crippen molar-refractivity contribution in [2.45, 2.75) is 0 Å². The zero-order valence-corrected chi connectivity index (χ0v) is 12.1. The summed E-state index contributed by atoms with van der Waals surface area (Å²) in [5, 5.41) is 13.2. The average Bonchev–Trinajstić information content (AvgIpc) is 2.42. The molecule has 0 fully saturated rings. The van der Waals surface area contributed by atoms with Crippen LogP contribution in [0.1, 0.15) is 10.4 Å². The molecule has 0 aromatic heterocycles. The molecule has 0 aliphatic rings. The molecule has 0 bridgehead atoms. The van der Waals surface area contributed by atoms with E-state index in [1.807, 2.05) is 0 Å². The lowest BCUT2D eigenvalue weighted by molar-refractivity contribution is -0.383. The summed E-state index contributed by atoms with van der Waals surface area (Å²) in [6.07, 6.45) is 0. The first-order chi connectivity index (χ1) is 9.90. The highest BCUT2D eigenvalue weighted by Crippen LogP contribution is 2.26. The van der Waals surface area contributed by atoms with E-state index in [4.69, 9.17) is 5.73 Å². The molecular weight excluding hydrogens is 345 g/mol. The predicted octanol–water partition coefficient (Wildman–Crippen LogP) is 3.33. The zero-order valence-electron chi connectivity index (χ0n) is 10.5. The standard InChI is InChI=1S/C13H9BrFN3O3/c14-9-5-4-7(6-10(9)15)17-13(19)8-2-1-3-11(12(8)16)18(20)21/h1-6H,16H2,(H,17,19). The van der Waals surface area contributed by atoms with Crippen LogP contribution in [0, 0.1) is 15.9 Å². The molecule has 2 aromatic carbocycles. The number of carbonyl (C=O) groups is 1. The largest absolute Gasteiger partial charge is 0.393 e. The van der Waals surface area contributed by atoms with Gasteiger partial charge in [0.2, 0.25) is 0 Å². The van der Waals surface area contributed by atoms with E-state index >= 15 is 0 Å². The maximum absolute atomic E-state index is 13.4. The topological polar surface area (TPSA) is 98.3 Å². The smallest absolute Gasteiger partial charge is 0.292 e. The number of benzene rings is 2. The Kier molecular flexibility index (Phi) is 4.18. The number of hydrogen-bond acceptors (Lipinski definition) is 4. The van der Waals surface area contributed by atoms with E-state index in [0.717, 1.165) is 6.07 Å². The second-order valence-electron chi connectivity index (χ2n) is 4.08. The molecule has 1 amide bonds. The lowest BCUT2D eigenvalue weighted by atomic mass is 10.1. The summed E-state index contributed by atoms with van der Waals surface area (Å²) >= 11 is 2.99. The van der Waals surface area contributed by atoms with Crippen molar-refractivity contribution in [2.24, 2.45) is 0 Å². The third-order valence-electron chi connectivity index (χ3n) is 2.70. The van der Waals surface area contributed by atoms with Gasteiger partial charge in [-0.2, -0.15) is 0 Å². The number of carbonyl (C=O) groups excluding carboxylic acids is 1. The predicted molar refractivity (Wildman–Crippen MR) is 79.6 cm³/mol. The van der Waals surface area contributed by atoms with Crippen molar-refractivity contribution in [2.75, 3.05) is 11.1 Å². The zero-order chi connectivity index (χ0) is 15.6. The van der Waals surface area contributed by atoms with Crippen molar-refractivity contribution < 1.29 is 14.1 Å². The molecule has 0 heterocycles. The molecule has 108 valence electrons. The number of para-hydroxylation sites is 1. The van der Waals surface area contributed by atoms with E-state index in [1.165, 1.54) is 30.3 Å². The number of nitro groups is 1. The molecule has 2 rings (SSSR count). The van der Waals surface area contributed by atoms with E-state index < -0.39 is 16.6 Å². The summed E-state index contributed by atoms with van der Waals surface area (Å²) in [6.45, 7) is 0. The Morgan fingerprint density at radius 3 is 2.67 bits per heavy atom. The van der Waals surface area contributed by atoms with Gasteiger partial charge in [-0.25, -0.2) is 4.39 Å². The summed E-state index contributed by atoms with van der Waals surface area (Å²) in [5.74, 6) is -1.20. The van der Waals surface area contributed by atoms with E-state index in [0.29, 0.717) is 0 Å². The number of amides is 1. The third-order valence-corrected chi connectivity index (χ3v) is 3.35. The molecule has 0 unspecified atom stereocenters. The van der Waals surface area contributed by atoms with Crippen molar-refractivity contribution in [3.63, 3.8) is 0 Å². The highest BCUT2D eigenvalue weighted by molar-refractivity contribution is 9.10. The number of nitro benzene ring substituents is 1. The first-order valence-electron chi connectivity index (χ1n) is 5.69. The van der Waals surface area contributed by atoms with Gasteiger partial charge in [0.15, 0.2) is 0 Å². The van der Waals surface area contributed by atoms with Crippen molar-refractivity contribution in [1.29, 1.82) is 0 Å². The highest BCUT2D eigenvalue weighted by Gasteiger charge is 2.19. The second kappa shape index (κ2) is 5.88. The molecule has 0 spiro atoms. The summed E-state index contributed by atoms with van der Waals surface area (Å²) in [5.41, 5.74) is 5.18. The molecule has 3 N–H and O–H groups in total. The third kappa shape index (κ3) is 3.16. The van der Waals surface area contributed by atoms with Crippen molar-refractivity contribution in [3.05, 3.63) is 62.4 Å². The van der Waals surface area contributed by atoms with Gasteiger partial charge in [-0.15, -0.1) is 0 Å². The second-order valence-corrected chi connectivity index (χ2v) is 4.93. The quantitative estimate of drug-likeness (QED) is 0.502. The number of halogens is 2.